The van der Waals surface area contributed by atoms with E-state index in [9.17, 15) is 33.9 Å². The number of aromatic hydroxyl groups is 1. The molecule has 0 saturated carbocycles. The number of rotatable bonds is 21. The van der Waals surface area contributed by atoms with Crippen LogP contribution < -0.4 is 20.9 Å². The normalized spacial score (nSPS) is 19.7. The maximum absolute atomic E-state index is 13.1. The first kappa shape index (κ1) is 42.2. The van der Waals surface area contributed by atoms with Gasteiger partial charge in [0.25, 0.3) is 11.8 Å². The third-order valence-electron chi connectivity index (χ3n) is 12.2. The fourth-order valence-electron chi connectivity index (χ4n) is 8.92. The van der Waals surface area contributed by atoms with Crippen LogP contribution in [0.25, 0.3) is 0 Å². The van der Waals surface area contributed by atoms with Gasteiger partial charge in [-0.25, -0.2) is 0 Å². The van der Waals surface area contributed by atoms with Crippen LogP contribution in [0.4, 0.5) is 11.4 Å². The highest BCUT2D eigenvalue weighted by atomic mass is 16.3. The van der Waals surface area contributed by atoms with E-state index in [2.05, 4.69) is 50.0 Å². The molecule has 1 unspecified atom stereocenters. The number of unbranched alkanes of at least 4 members (excludes halogenated alkanes) is 8. The zero-order valence-electron chi connectivity index (χ0n) is 34.2. The van der Waals surface area contributed by atoms with Crippen molar-refractivity contribution in [1.29, 1.82) is 0 Å². The number of phenols is 1. The maximum atomic E-state index is 13.1. The number of amides is 5. The second-order valence-electron chi connectivity index (χ2n) is 16.4. The van der Waals surface area contributed by atoms with Crippen LogP contribution in [0.3, 0.4) is 0 Å². The Morgan fingerprint density at radius 1 is 0.783 bits per heavy atom. The van der Waals surface area contributed by atoms with E-state index in [1.807, 2.05) is 6.20 Å². The van der Waals surface area contributed by atoms with Crippen LogP contribution in [-0.2, 0) is 20.8 Å². The summed E-state index contributed by atoms with van der Waals surface area (Å²) >= 11 is 0. The topological polar surface area (TPSA) is 168 Å². The summed E-state index contributed by atoms with van der Waals surface area (Å²) in [5.74, 6) is -2.09. The summed E-state index contributed by atoms with van der Waals surface area (Å²) in [6.45, 7) is 3.11. The van der Waals surface area contributed by atoms with Crippen molar-refractivity contribution in [3.05, 3.63) is 101 Å². The van der Waals surface area contributed by atoms with Crippen molar-refractivity contribution >= 4 is 46.7 Å². The number of benzene rings is 3. The molecule has 3 saturated heterocycles. The molecule has 0 aromatic heterocycles. The van der Waals surface area contributed by atoms with Gasteiger partial charge in [-0.3, -0.25) is 39.0 Å². The molecular weight excluding hydrogens is 761 g/mol. The summed E-state index contributed by atoms with van der Waals surface area (Å²) in [6, 6.07) is 20.0. The summed E-state index contributed by atoms with van der Waals surface area (Å²) in [7, 11) is 0. The van der Waals surface area contributed by atoms with Gasteiger partial charge in [0, 0.05) is 74.8 Å². The van der Waals surface area contributed by atoms with Gasteiger partial charge in [-0.15, -0.1) is 0 Å². The van der Waals surface area contributed by atoms with Gasteiger partial charge in [0.2, 0.25) is 17.7 Å². The van der Waals surface area contributed by atoms with Crippen molar-refractivity contribution in [2.24, 2.45) is 0 Å². The second-order valence-corrected chi connectivity index (χ2v) is 16.4. The molecule has 2 bridgehead atoms. The molecule has 0 spiro atoms. The predicted molar refractivity (Wildman–Crippen MR) is 229 cm³/mol. The molecule has 4 N–H and O–H groups in total. The monoisotopic (exact) mass is 816 g/mol. The van der Waals surface area contributed by atoms with Crippen molar-refractivity contribution in [2.75, 3.05) is 36.4 Å². The van der Waals surface area contributed by atoms with E-state index in [1.165, 1.54) is 36.6 Å². The number of para-hydroxylation sites is 1. The Kier molecular flexibility index (Phi) is 13.9. The van der Waals surface area contributed by atoms with Gasteiger partial charge < -0.3 is 25.5 Å². The summed E-state index contributed by atoms with van der Waals surface area (Å²) in [5, 5.41) is 18.7. The molecular formula is C47H56N6O7. The number of piperazine rings is 1. The number of fused-ring (bicyclic) bond motifs is 3. The van der Waals surface area contributed by atoms with E-state index in [4.69, 9.17) is 0 Å². The molecule has 60 heavy (non-hydrogen) atoms. The Morgan fingerprint density at radius 2 is 1.53 bits per heavy atom. The molecule has 13 heteroatoms. The van der Waals surface area contributed by atoms with E-state index in [0.717, 1.165) is 81.6 Å². The molecule has 316 valence electrons. The number of likely N-dealkylation sites (tertiary alicyclic amines) is 1. The Balaban J connectivity index is 0.696. The molecule has 4 aliphatic rings. The molecule has 3 aromatic rings. The van der Waals surface area contributed by atoms with Gasteiger partial charge in [-0.2, -0.15) is 0 Å². The van der Waals surface area contributed by atoms with Crippen molar-refractivity contribution in [3.8, 4) is 5.75 Å². The van der Waals surface area contributed by atoms with Crippen LogP contribution in [0.1, 0.15) is 120 Å². The van der Waals surface area contributed by atoms with Gasteiger partial charge >= 0.3 is 0 Å². The fourth-order valence-corrected chi connectivity index (χ4v) is 8.92. The fraction of sp³-hybridized carbons (Fsp3) is 0.447. The quantitative estimate of drug-likeness (QED) is 0.0425. The maximum Gasteiger partial charge on any atom is 0.262 e. The van der Waals surface area contributed by atoms with E-state index in [1.54, 1.807) is 42.5 Å². The molecule has 3 aromatic carbocycles. The molecule has 0 aliphatic carbocycles. The van der Waals surface area contributed by atoms with Gasteiger partial charge in [-0.05, 0) is 80.1 Å². The Labute approximate surface area is 351 Å². The minimum absolute atomic E-state index is 0.00111. The largest absolute Gasteiger partial charge is 0.507 e. The molecule has 0 radical (unpaired) electrons. The summed E-state index contributed by atoms with van der Waals surface area (Å²) in [6.07, 6.45) is 15.9. The van der Waals surface area contributed by atoms with Gasteiger partial charge in [0.1, 0.15) is 11.8 Å². The first-order chi connectivity index (χ1) is 29.2. The first-order valence-corrected chi connectivity index (χ1v) is 21.6. The second kappa shape index (κ2) is 19.8. The van der Waals surface area contributed by atoms with E-state index >= 15 is 0 Å². The Hall–Kier alpha value is -5.98. The minimum Gasteiger partial charge on any atom is -0.507 e. The van der Waals surface area contributed by atoms with E-state index in [0.29, 0.717) is 30.6 Å². The van der Waals surface area contributed by atoms with Crippen molar-refractivity contribution in [2.45, 2.75) is 108 Å². The number of nitrogens with zero attached hydrogens (tertiary/aromatic N) is 3. The van der Waals surface area contributed by atoms with Crippen LogP contribution >= 0.6 is 0 Å². The molecule has 3 fully saturated rings. The summed E-state index contributed by atoms with van der Waals surface area (Å²) < 4.78 is 0. The van der Waals surface area contributed by atoms with Crippen LogP contribution in [0.2, 0.25) is 0 Å². The highest BCUT2D eigenvalue weighted by molar-refractivity contribution is 6.23. The van der Waals surface area contributed by atoms with Crippen molar-refractivity contribution in [1.82, 2.24) is 20.4 Å². The molecule has 13 nitrogen and oxygen atoms in total. The minimum atomic E-state index is -0.966. The molecule has 4 heterocycles. The average molecular weight is 817 g/mol. The molecule has 7 rings (SSSR count). The third-order valence-corrected chi connectivity index (χ3v) is 12.2. The number of carbonyl (C=O) groups excluding carboxylic acids is 6. The SMILES string of the molecule is O=C(CCCCCCCCCCCNc1ccc2c(c1)C(=O)N(C1CCC(=O)NC1=O)C2=O)NCCc1cccc(N2C[C@H]3C[C@@H]2CN3/C=C/C(=O)c2ccccc2O)c1. The summed E-state index contributed by atoms with van der Waals surface area (Å²) in [4.78, 5) is 80.5. The number of phenolic OH excluding ortho intramolecular Hbond substituents is 1. The number of anilines is 2. The lowest BCUT2D eigenvalue weighted by atomic mass is 10.0. The van der Waals surface area contributed by atoms with Crippen LogP contribution in [0.15, 0.2) is 79.0 Å². The van der Waals surface area contributed by atoms with Crippen molar-refractivity contribution < 1.29 is 33.9 Å². The van der Waals surface area contributed by atoms with Crippen LogP contribution in [0, 0.1) is 0 Å². The van der Waals surface area contributed by atoms with Gasteiger partial charge in [-0.1, -0.05) is 69.2 Å². The average Bonchev–Trinajstić information content (AvgIpc) is 3.92. The first-order valence-electron chi connectivity index (χ1n) is 21.6. The number of allylic oxidation sites excluding steroid dienone is 1. The molecule has 3 atom stereocenters. The molecule has 5 amide bonds. The van der Waals surface area contributed by atoms with Crippen molar-refractivity contribution in [3.63, 3.8) is 0 Å². The third kappa shape index (κ3) is 10.2. The summed E-state index contributed by atoms with van der Waals surface area (Å²) in [5.41, 5.74) is 4.03. The van der Waals surface area contributed by atoms with Crippen LogP contribution in [-0.4, -0.2) is 94.5 Å². The Bertz CT molecular complexity index is 2120. The van der Waals surface area contributed by atoms with Crippen LogP contribution in [0.5, 0.6) is 5.75 Å². The number of carbonyl (C=O) groups is 6. The number of ketones is 1. The standard InChI is InChI=1S/C47H56N6O7/c54-41-16-10-9-15-38(41)42(55)23-26-51-30-36-29-35(51)31-52(36)34-14-12-13-32(27-34)22-25-49-43(56)17-8-6-4-2-1-3-5-7-11-24-48-33-18-19-37-39(28-33)47(60)53(46(37)59)40-20-21-44(57)50-45(40)58/h9-10,12-16,18-19,23,26-28,35-36,40,48,54H,1-8,11,17,20-22,24-25,29-31H2,(H,49,56)(H,50,57,58)/b26-23+/t35-,36-,40?/m1/s1. The Morgan fingerprint density at radius 3 is 2.28 bits per heavy atom. The number of piperidine rings is 1. The number of hydrogen-bond donors (Lipinski definition) is 4. The van der Waals surface area contributed by atoms with E-state index < -0.39 is 29.7 Å². The number of hydrogen-bond acceptors (Lipinski definition) is 10. The van der Waals surface area contributed by atoms with Gasteiger partial charge in [0.05, 0.1) is 16.7 Å². The molecule has 4 aliphatic heterocycles. The smallest absolute Gasteiger partial charge is 0.262 e. The van der Waals surface area contributed by atoms with E-state index in [-0.39, 0.29) is 41.4 Å². The highest BCUT2D eigenvalue weighted by Crippen LogP contribution is 2.35. The predicted octanol–water partition coefficient (Wildman–Crippen LogP) is 6.12. The lowest BCUT2D eigenvalue weighted by molar-refractivity contribution is -0.136. The number of imide groups is 2. The number of nitrogens with one attached hydrogen (secondary N) is 3. The lowest BCUT2D eigenvalue weighted by Gasteiger charge is -2.35. The zero-order valence-corrected chi connectivity index (χ0v) is 34.2. The van der Waals surface area contributed by atoms with Gasteiger partial charge in [0.15, 0.2) is 5.78 Å². The zero-order chi connectivity index (χ0) is 42.0. The highest BCUT2D eigenvalue weighted by Gasteiger charge is 2.45. The lowest BCUT2D eigenvalue weighted by Crippen LogP contribution is -2.54.